The molecule has 0 radical (unpaired) electrons. The second-order valence-corrected chi connectivity index (χ2v) is 10.0. The van der Waals surface area contributed by atoms with Gasteiger partial charge in [0.2, 0.25) is 0 Å². The van der Waals surface area contributed by atoms with E-state index in [-0.39, 0.29) is 5.56 Å². The van der Waals surface area contributed by atoms with Crippen molar-refractivity contribution in [3.05, 3.63) is 64.2 Å². The maximum absolute atomic E-state index is 15.1. The third kappa shape index (κ3) is 4.36. The van der Waals surface area contributed by atoms with E-state index in [1.165, 1.54) is 6.07 Å². The van der Waals surface area contributed by atoms with Crippen LogP contribution in [0.4, 0.5) is 8.78 Å². The van der Waals surface area contributed by atoms with Crippen LogP contribution in [0.1, 0.15) is 76.1 Å². The highest BCUT2D eigenvalue weighted by molar-refractivity contribution is 6.62. The van der Waals surface area contributed by atoms with Crippen LogP contribution >= 0.6 is 0 Å². The normalized spacial score (nSPS) is 21.1. The first-order valence-corrected chi connectivity index (χ1v) is 11.6. The fourth-order valence-corrected chi connectivity index (χ4v) is 4.53. The molecule has 2 aliphatic rings. The van der Waals surface area contributed by atoms with Gasteiger partial charge in [-0.3, -0.25) is 0 Å². The molecule has 2 nitrogen and oxygen atoms in total. The summed E-state index contributed by atoms with van der Waals surface area (Å²) in [6.07, 6.45) is 4.57. The van der Waals surface area contributed by atoms with Gasteiger partial charge in [-0.25, -0.2) is 8.78 Å². The average molecular weight is 436 g/mol. The van der Waals surface area contributed by atoms with Gasteiger partial charge in [0.15, 0.2) is 0 Å². The maximum atomic E-state index is 15.1. The van der Waals surface area contributed by atoms with Crippen molar-refractivity contribution in [2.75, 3.05) is 0 Å². The summed E-state index contributed by atoms with van der Waals surface area (Å²) in [6, 6.07) is 8.93. The third-order valence-corrected chi connectivity index (χ3v) is 7.19. The van der Waals surface area contributed by atoms with Crippen LogP contribution in [0.15, 0.2) is 30.3 Å². The number of rotatable bonds is 3. The minimum Gasteiger partial charge on any atom is -0.399 e. The molecule has 0 bridgehead atoms. The minimum atomic E-state index is -0.570. The fraction of sp³-hybridized carbons (Fsp3) is 0.481. The highest BCUT2D eigenvalue weighted by Gasteiger charge is 2.51. The Morgan fingerprint density at radius 3 is 2.31 bits per heavy atom. The van der Waals surface area contributed by atoms with Gasteiger partial charge in [0.25, 0.3) is 0 Å². The molecule has 2 aromatic rings. The van der Waals surface area contributed by atoms with Crippen molar-refractivity contribution in [2.24, 2.45) is 5.92 Å². The van der Waals surface area contributed by atoms with Gasteiger partial charge in [-0.1, -0.05) is 43.7 Å². The monoisotopic (exact) mass is 436 g/mol. The molecule has 1 atom stereocenters. The molecule has 168 valence electrons. The van der Waals surface area contributed by atoms with Crippen LogP contribution in [-0.4, -0.2) is 18.3 Å². The minimum absolute atomic E-state index is 0.132. The number of benzene rings is 2. The molecule has 1 fully saturated rings. The van der Waals surface area contributed by atoms with Crippen LogP contribution < -0.4 is 5.46 Å². The van der Waals surface area contributed by atoms with Gasteiger partial charge < -0.3 is 9.31 Å². The lowest BCUT2D eigenvalue weighted by atomic mass is 9.79. The molecule has 1 saturated heterocycles. The summed E-state index contributed by atoms with van der Waals surface area (Å²) in [4.78, 5) is 0. The molecule has 0 N–H and O–H groups in total. The second-order valence-electron chi connectivity index (χ2n) is 10.0. The fourth-order valence-electron chi connectivity index (χ4n) is 4.53. The van der Waals surface area contributed by atoms with E-state index in [9.17, 15) is 4.39 Å². The van der Waals surface area contributed by atoms with E-state index >= 15 is 4.39 Å². The molecule has 0 spiro atoms. The van der Waals surface area contributed by atoms with Gasteiger partial charge in [0.05, 0.1) is 16.8 Å². The Balaban J connectivity index is 1.53. The standard InChI is InChI=1S/C27H31BF2O2/c1-6-7-19-11-14-22-20(16-19)17-24(29)23(25(22)30)15-10-18-8-12-21(13-9-18)28-31-26(2,3)27(4,5)32-28/h8-9,12-13,17,19H,6-7,11,14,16H2,1-5H3. The van der Waals surface area contributed by atoms with Crippen molar-refractivity contribution < 1.29 is 18.1 Å². The zero-order valence-corrected chi connectivity index (χ0v) is 19.6. The van der Waals surface area contributed by atoms with Crippen LogP contribution in [0.3, 0.4) is 0 Å². The van der Waals surface area contributed by atoms with Crippen LogP contribution in [0.2, 0.25) is 0 Å². The maximum Gasteiger partial charge on any atom is 0.494 e. The molecule has 0 amide bonds. The summed E-state index contributed by atoms with van der Waals surface area (Å²) in [5.41, 5.74) is 2.07. The number of halogens is 2. The highest BCUT2D eigenvalue weighted by atomic mass is 19.1. The van der Waals surface area contributed by atoms with E-state index in [2.05, 4.69) is 18.8 Å². The Bertz CT molecular complexity index is 1050. The zero-order valence-electron chi connectivity index (χ0n) is 19.6. The Kier molecular flexibility index (Phi) is 6.22. The summed E-state index contributed by atoms with van der Waals surface area (Å²) in [7, 11) is -0.450. The molecule has 1 aliphatic heterocycles. The van der Waals surface area contributed by atoms with Gasteiger partial charge in [-0.15, -0.1) is 0 Å². The molecule has 4 rings (SSSR count). The SMILES string of the molecule is CCCC1CCc2c(cc(F)c(C#Cc3ccc(B4OC(C)(C)C(C)(C)O4)cc3)c2F)C1. The van der Waals surface area contributed by atoms with E-state index < -0.39 is 30.0 Å². The number of fused-ring (bicyclic) bond motifs is 1. The summed E-state index contributed by atoms with van der Waals surface area (Å²) in [5.74, 6) is 5.11. The van der Waals surface area contributed by atoms with Gasteiger partial charge in [-0.05, 0) is 87.7 Å². The molecule has 5 heteroatoms. The van der Waals surface area contributed by atoms with Crippen molar-refractivity contribution >= 4 is 12.6 Å². The topological polar surface area (TPSA) is 18.5 Å². The molecule has 0 aromatic heterocycles. The quantitative estimate of drug-likeness (QED) is 0.463. The second kappa shape index (κ2) is 8.65. The Morgan fingerprint density at radius 1 is 1.03 bits per heavy atom. The van der Waals surface area contributed by atoms with Gasteiger partial charge >= 0.3 is 7.12 Å². The Hall–Kier alpha value is -2.16. The van der Waals surface area contributed by atoms with Gasteiger partial charge in [-0.2, -0.15) is 0 Å². The zero-order chi connectivity index (χ0) is 23.1. The lowest BCUT2D eigenvalue weighted by Gasteiger charge is -2.32. The van der Waals surface area contributed by atoms with E-state index in [4.69, 9.17) is 9.31 Å². The van der Waals surface area contributed by atoms with Gasteiger partial charge in [0, 0.05) is 5.56 Å². The molecule has 0 saturated carbocycles. The molecule has 32 heavy (non-hydrogen) atoms. The number of hydrogen-bond donors (Lipinski definition) is 0. The van der Waals surface area contributed by atoms with Crippen LogP contribution in [0.25, 0.3) is 0 Å². The molecular weight excluding hydrogens is 405 g/mol. The molecular formula is C27H31BF2O2. The Morgan fingerprint density at radius 2 is 1.69 bits per heavy atom. The van der Waals surface area contributed by atoms with Crippen molar-refractivity contribution in [1.29, 1.82) is 0 Å². The summed E-state index contributed by atoms with van der Waals surface area (Å²) in [5, 5.41) is 0. The predicted octanol–water partition coefficient (Wildman–Crippen LogP) is 5.57. The van der Waals surface area contributed by atoms with Crippen LogP contribution in [0.5, 0.6) is 0 Å². The summed E-state index contributed by atoms with van der Waals surface area (Å²) >= 11 is 0. The van der Waals surface area contributed by atoms with E-state index in [0.29, 0.717) is 23.5 Å². The van der Waals surface area contributed by atoms with E-state index in [1.54, 1.807) is 0 Å². The predicted molar refractivity (Wildman–Crippen MR) is 125 cm³/mol. The lowest BCUT2D eigenvalue weighted by Crippen LogP contribution is -2.41. The van der Waals surface area contributed by atoms with Crippen molar-refractivity contribution in [3.63, 3.8) is 0 Å². The molecule has 1 unspecified atom stereocenters. The average Bonchev–Trinajstić information content (AvgIpc) is 2.95. The van der Waals surface area contributed by atoms with Crippen molar-refractivity contribution in [1.82, 2.24) is 0 Å². The molecule has 1 aliphatic carbocycles. The molecule has 1 heterocycles. The van der Waals surface area contributed by atoms with Crippen molar-refractivity contribution in [3.8, 4) is 11.8 Å². The number of hydrogen-bond acceptors (Lipinski definition) is 2. The lowest BCUT2D eigenvalue weighted by molar-refractivity contribution is 0.00578. The third-order valence-electron chi connectivity index (χ3n) is 7.19. The van der Waals surface area contributed by atoms with Gasteiger partial charge in [0.1, 0.15) is 11.6 Å². The van der Waals surface area contributed by atoms with E-state index in [1.807, 2.05) is 52.0 Å². The largest absolute Gasteiger partial charge is 0.494 e. The summed E-state index contributed by atoms with van der Waals surface area (Å²) in [6.45, 7) is 10.2. The highest BCUT2D eigenvalue weighted by Crippen LogP contribution is 2.36. The molecule has 2 aromatic carbocycles. The van der Waals surface area contributed by atoms with Crippen LogP contribution in [-0.2, 0) is 22.2 Å². The van der Waals surface area contributed by atoms with Crippen molar-refractivity contribution in [2.45, 2.75) is 77.9 Å². The Labute approximate surface area is 190 Å². The first-order chi connectivity index (χ1) is 15.1. The first kappa shape index (κ1) is 23.0. The van der Waals surface area contributed by atoms with Crippen LogP contribution in [0, 0.1) is 29.4 Å². The van der Waals surface area contributed by atoms with E-state index in [0.717, 1.165) is 36.7 Å². The first-order valence-electron chi connectivity index (χ1n) is 11.6. The smallest absolute Gasteiger partial charge is 0.399 e. The summed E-state index contributed by atoms with van der Waals surface area (Å²) < 4.78 is 41.9.